The first kappa shape index (κ1) is 16.7. The Labute approximate surface area is 131 Å². The van der Waals surface area contributed by atoms with Crippen LogP contribution in [0.1, 0.15) is 44.7 Å². The minimum atomic E-state index is -0.270. The number of carbonyl (C=O) groups excluding carboxylic acids is 1. The summed E-state index contributed by atoms with van der Waals surface area (Å²) in [6, 6.07) is 6.33. The lowest BCUT2D eigenvalue weighted by Gasteiger charge is -2.29. The van der Waals surface area contributed by atoms with E-state index in [9.17, 15) is 9.18 Å². The SMILES string of the molecule is CC(CCCO)NC(=O)N1CCC(C)C1c1cccc(F)c1. The van der Waals surface area contributed by atoms with Crippen molar-refractivity contribution in [3.05, 3.63) is 35.6 Å². The molecule has 2 rings (SSSR count). The van der Waals surface area contributed by atoms with Crippen LogP contribution < -0.4 is 5.32 Å². The summed E-state index contributed by atoms with van der Waals surface area (Å²) in [7, 11) is 0. The summed E-state index contributed by atoms with van der Waals surface area (Å²) in [6.07, 6.45) is 2.33. The average molecular weight is 308 g/mol. The van der Waals surface area contributed by atoms with Crippen molar-refractivity contribution < 1.29 is 14.3 Å². The molecule has 22 heavy (non-hydrogen) atoms. The van der Waals surface area contributed by atoms with Crippen molar-refractivity contribution in [3.8, 4) is 0 Å². The highest BCUT2D eigenvalue weighted by Gasteiger charge is 2.35. The molecule has 1 aromatic carbocycles. The van der Waals surface area contributed by atoms with Gasteiger partial charge in [-0.3, -0.25) is 0 Å². The summed E-state index contributed by atoms with van der Waals surface area (Å²) in [5.41, 5.74) is 0.850. The van der Waals surface area contributed by atoms with Crippen molar-refractivity contribution >= 4 is 6.03 Å². The molecule has 2 amide bonds. The van der Waals surface area contributed by atoms with Gasteiger partial charge in [-0.1, -0.05) is 19.1 Å². The second kappa shape index (κ2) is 7.58. The van der Waals surface area contributed by atoms with Crippen LogP contribution in [-0.4, -0.2) is 35.2 Å². The number of urea groups is 1. The minimum Gasteiger partial charge on any atom is -0.396 e. The molecule has 4 nitrogen and oxygen atoms in total. The Bertz CT molecular complexity index is 509. The number of benzene rings is 1. The topological polar surface area (TPSA) is 52.6 Å². The Balaban J connectivity index is 2.07. The van der Waals surface area contributed by atoms with Gasteiger partial charge in [-0.05, 0) is 49.8 Å². The second-order valence-corrected chi connectivity index (χ2v) is 6.18. The Kier molecular flexibility index (Phi) is 5.77. The molecule has 0 aromatic heterocycles. The quantitative estimate of drug-likeness (QED) is 0.878. The maximum absolute atomic E-state index is 13.5. The van der Waals surface area contributed by atoms with E-state index in [1.165, 1.54) is 12.1 Å². The Morgan fingerprint density at radius 2 is 2.32 bits per heavy atom. The molecule has 2 N–H and O–H groups in total. The summed E-state index contributed by atoms with van der Waals surface area (Å²) in [4.78, 5) is 14.3. The fraction of sp³-hybridized carbons (Fsp3) is 0.588. The zero-order chi connectivity index (χ0) is 16.1. The number of carbonyl (C=O) groups is 1. The normalized spacial score (nSPS) is 22.6. The van der Waals surface area contributed by atoms with Crippen LogP contribution in [0.15, 0.2) is 24.3 Å². The van der Waals surface area contributed by atoms with Crippen LogP contribution in [0.2, 0.25) is 0 Å². The van der Waals surface area contributed by atoms with Crippen molar-refractivity contribution in [1.29, 1.82) is 0 Å². The molecule has 1 fully saturated rings. The van der Waals surface area contributed by atoms with Gasteiger partial charge in [0.15, 0.2) is 0 Å². The van der Waals surface area contributed by atoms with Crippen molar-refractivity contribution in [1.82, 2.24) is 10.2 Å². The number of halogens is 1. The smallest absolute Gasteiger partial charge is 0.318 e. The molecule has 3 atom stereocenters. The van der Waals surface area contributed by atoms with Crippen LogP contribution in [0, 0.1) is 11.7 Å². The van der Waals surface area contributed by atoms with E-state index < -0.39 is 0 Å². The van der Waals surface area contributed by atoms with Gasteiger partial charge in [-0.2, -0.15) is 0 Å². The third-order valence-electron chi connectivity index (χ3n) is 4.32. The van der Waals surface area contributed by atoms with Crippen molar-refractivity contribution in [3.63, 3.8) is 0 Å². The van der Waals surface area contributed by atoms with Crippen LogP contribution in [0.25, 0.3) is 0 Å². The predicted octanol–water partition coefficient (Wildman–Crippen LogP) is 3.08. The number of aliphatic hydroxyl groups excluding tert-OH is 1. The van der Waals surface area contributed by atoms with E-state index in [0.717, 1.165) is 18.4 Å². The van der Waals surface area contributed by atoms with Gasteiger partial charge in [0.25, 0.3) is 0 Å². The minimum absolute atomic E-state index is 0.0173. The molecule has 1 aromatic rings. The van der Waals surface area contributed by atoms with E-state index in [1.807, 2.05) is 13.0 Å². The molecular weight excluding hydrogens is 283 g/mol. The molecule has 1 saturated heterocycles. The van der Waals surface area contributed by atoms with Gasteiger partial charge >= 0.3 is 6.03 Å². The van der Waals surface area contributed by atoms with Crippen LogP contribution in [0.3, 0.4) is 0 Å². The lowest BCUT2D eigenvalue weighted by molar-refractivity contribution is 0.182. The van der Waals surface area contributed by atoms with Gasteiger partial charge in [-0.25, -0.2) is 9.18 Å². The van der Waals surface area contributed by atoms with Crippen LogP contribution >= 0.6 is 0 Å². The third-order valence-corrected chi connectivity index (χ3v) is 4.32. The first-order valence-corrected chi connectivity index (χ1v) is 7.96. The highest BCUT2D eigenvalue weighted by atomic mass is 19.1. The Hall–Kier alpha value is -1.62. The molecule has 0 saturated carbocycles. The van der Waals surface area contributed by atoms with E-state index in [4.69, 9.17) is 5.11 Å². The monoisotopic (exact) mass is 308 g/mol. The van der Waals surface area contributed by atoms with Crippen LogP contribution in [0.4, 0.5) is 9.18 Å². The maximum Gasteiger partial charge on any atom is 0.318 e. The molecule has 122 valence electrons. The highest BCUT2D eigenvalue weighted by Crippen LogP contribution is 2.37. The van der Waals surface area contributed by atoms with Gasteiger partial charge in [0, 0.05) is 19.2 Å². The van der Waals surface area contributed by atoms with E-state index >= 15 is 0 Å². The number of aliphatic hydroxyl groups is 1. The van der Waals surface area contributed by atoms with Crippen molar-refractivity contribution in [2.24, 2.45) is 5.92 Å². The highest BCUT2D eigenvalue weighted by molar-refractivity contribution is 5.75. The number of nitrogens with zero attached hydrogens (tertiary/aromatic N) is 1. The molecule has 0 aliphatic carbocycles. The molecule has 0 bridgehead atoms. The van der Waals surface area contributed by atoms with E-state index in [1.54, 1.807) is 11.0 Å². The van der Waals surface area contributed by atoms with Gasteiger partial charge in [0.2, 0.25) is 0 Å². The first-order chi connectivity index (χ1) is 10.5. The summed E-state index contributed by atoms with van der Waals surface area (Å²) in [5.74, 6) is 0.0357. The molecule has 0 radical (unpaired) electrons. The molecule has 3 unspecified atom stereocenters. The van der Waals surface area contributed by atoms with Crippen molar-refractivity contribution in [2.45, 2.75) is 45.2 Å². The summed E-state index contributed by atoms with van der Waals surface area (Å²) in [5, 5.41) is 11.8. The first-order valence-electron chi connectivity index (χ1n) is 7.96. The van der Waals surface area contributed by atoms with E-state index in [0.29, 0.717) is 18.9 Å². The van der Waals surface area contributed by atoms with E-state index in [-0.39, 0.29) is 30.5 Å². The van der Waals surface area contributed by atoms with Gasteiger partial charge in [0.05, 0.1) is 6.04 Å². The maximum atomic E-state index is 13.5. The molecule has 1 aliphatic heterocycles. The molecule has 1 aliphatic rings. The lowest BCUT2D eigenvalue weighted by Crippen LogP contribution is -2.44. The number of hydrogen-bond acceptors (Lipinski definition) is 2. The summed E-state index contributed by atoms with van der Waals surface area (Å²) < 4.78 is 13.5. The van der Waals surface area contributed by atoms with Gasteiger partial charge < -0.3 is 15.3 Å². The van der Waals surface area contributed by atoms with Crippen LogP contribution in [-0.2, 0) is 0 Å². The Morgan fingerprint density at radius 3 is 3.00 bits per heavy atom. The third kappa shape index (κ3) is 3.97. The molecule has 1 heterocycles. The van der Waals surface area contributed by atoms with E-state index in [2.05, 4.69) is 12.2 Å². The number of rotatable bonds is 5. The fourth-order valence-corrected chi connectivity index (χ4v) is 3.14. The Morgan fingerprint density at radius 1 is 1.55 bits per heavy atom. The van der Waals surface area contributed by atoms with Gasteiger partial charge in [-0.15, -0.1) is 0 Å². The number of nitrogens with one attached hydrogen (secondary N) is 1. The number of hydrogen-bond donors (Lipinski definition) is 2. The van der Waals surface area contributed by atoms with Crippen molar-refractivity contribution in [2.75, 3.05) is 13.2 Å². The molecule has 0 spiro atoms. The number of likely N-dealkylation sites (tertiary alicyclic amines) is 1. The summed E-state index contributed by atoms with van der Waals surface area (Å²) >= 11 is 0. The average Bonchev–Trinajstić information content (AvgIpc) is 2.87. The fourth-order valence-electron chi connectivity index (χ4n) is 3.14. The van der Waals surface area contributed by atoms with Crippen LogP contribution in [0.5, 0.6) is 0 Å². The summed E-state index contributed by atoms with van der Waals surface area (Å²) in [6.45, 7) is 4.84. The molecular formula is C17H25FN2O2. The number of amides is 2. The standard InChI is InChI=1S/C17H25FN2O2/c1-12-8-9-20(17(22)19-13(2)5-4-10-21)16(12)14-6-3-7-15(18)11-14/h3,6-7,11-13,16,21H,4-5,8-10H2,1-2H3,(H,19,22). The zero-order valence-electron chi connectivity index (χ0n) is 13.3. The zero-order valence-corrected chi connectivity index (χ0v) is 13.3. The molecule has 5 heteroatoms. The largest absolute Gasteiger partial charge is 0.396 e. The predicted molar refractivity (Wildman–Crippen MR) is 83.9 cm³/mol. The van der Waals surface area contributed by atoms with Gasteiger partial charge in [0.1, 0.15) is 5.82 Å². The second-order valence-electron chi connectivity index (χ2n) is 6.18. The lowest BCUT2D eigenvalue weighted by atomic mass is 9.95.